The van der Waals surface area contributed by atoms with Crippen LogP contribution < -0.4 is 4.74 Å². The topological polar surface area (TPSA) is 26.3 Å². The van der Waals surface area contributed by atoms with E-state index in [-0.39, 0.29) is 18.3 Å². The molecule has 0 atom stereocenters. The van der Waals surface area contributed by atoms with Crippen molar-refractivity contribution in [2.75, 3.05) is 6.61 Å². The number of benzene rings is 1. The van der Waals surface area contributed by atoms with Crippen LogP contribution in [0.15, 0.2) is 22.7 Å². The molecule has 0 N–H and O–H groups in total. The lowest BCUT2D eigenvalue weighted by Gasteiger charge is -2.05. The summed E-state index contributed by atoms with van der Waals surface area (Å²) in [7, 11) is 0. The highest BCUT2D eigenvalue weighted by Crippen LogP contribution is 2.30. The molecule has 0 saturated heterocycles. The van der Waals surface area contributed by atoms with Gasteiger partial charge in [0.2, 0.25) is 0 Å². The van der Waals surface area contributed by atoms with E-state index in [0.29, 0.717) is 10.8 Å². The van der Waals surface area contributed by atoms with Crippen molar-refractivity contribution in [1.29, 1.82) is 0 Å². The zero-order chi connectivity index (χ0) is 10.8. The molecule has 1 aromatic rings. The SMILES string of the molecule is O=C(COc1ccc(Br)c(Cl)c1)C1CC1. The molecule has 1 aliphatic rings. The van der Waals surface area contributed by atoms with Crippen molar-refractivity contribution < 1.29 is 9.53 Å². The fourth-order valence-corrected chi connectivity index (χ4v) is 1.66. The van der Waals surface area contributed by atoms with E-state index in [9.17, 15) is 4.79 Å². The molecule has 0 heterocycles. The van der Waals surface area contributed by atoms with E-state index in [0.717, 1.165) is 17.3 Å². The number of carbonyl (C=O) groups is 1. The smallest absolute Gasteiger partial charge is 0.173 e. The number of hydrogen-bond acceptors (Lipinski definition) is 2. The molecule has 80 valence electrons. The Kier molecular flexibility index (Phi) is 3.32. The number of rotatable bonds is 4. The first-order valence-electron chi connectivity index (χ1n) is 4.77. The summed E-state index contributed by atoms with van der Waals surface area (Å²) in [5.74, 6) is 1.07. The third kappa shape index (κ3) is 2.95. The van der Waals surface area contributed by atoms with Gasteiger partial charge < -0.3 is 4.74 Å². The maximum Gasteiger partial charge on any atom is 0.173 e. The zero-order valence-electron chi connectivity index (χ0n) is 8.00. The van der Waals surface area contributed by atoms with Crippen molar-refractivity contribution in [3.63, 3.8) is 0 Å². The molecule has 0 aliphatic heterocycles. The number of hydrogen-bond donors (Lipinski definition) is 0. The van der Waals surface area contributed by atoms with Gasteiger partial charge >= 0.3 is 0 Å². The van der Waals surface area contributed by atoms with Crippen LogP contribution in [-0.2, 0) is 4.79 Å². The molecule has 0 unspecified atom stereocenters. The number of Topliss-reactive ketones (excluding diaryl/α,β-unsaturated/α-hetero) is 1. The van der Waals surface area contributed by atoms with Crippen molar-refractivity contribution in [3.8, 4) is 5.75 Å². The summed E-state index contributed by atoms with van der Waals surface area (Å²) in [5, 5.41) is 0.589. The number of carbonyl (C=O) groups excluding carboxylic acids is 1. The molecule has 1 aliphatic carbocycles. The summed E-state index contributed by atoms with van der Waals surface area (Å²) in [5.41, 5.74) is 0. The molecule has 2 nitrogen and oxygen atoms in total. The summed E-state index contributed by atoms with van der Waals surface area (Å²) in [6.07, 6.45) is 2.03. The van der Waals surface area contributed by atoms with Gasteiger partial charge in [0.25, 0.3) is 0 Å². The van der Waals surface area contributed by atoms with E-state index in [2.05, 4.69) is 15.9 Å². The van der Waals surface area contributed by atoms with Crippen LogP contribution in [0.2, 0.25) is 5.02 Å². The molecule has 0 aromatic heterocycles. The van der Waals surface area contributed by atoms with Crippen molar-refractivity contribution in [2.45, 2.75) is 12.8 Å². The highest BCUT2D eigenvalue weighted by atomic mass is 79.9. The van der Waals surface area contributed by atoms with E-state index >= 15 is 0 Å². The normalized spacial score (nSPS) is 15.1. The van der Waals surface area contributed by atoms with Gasteiger partial charge in [-0.1, -0.05) is 11.6 Å². The van der Waals surface area contributed by atoms with E-state index in [4.69, 9.17) is 16.3 Å². The minimum atomic E-state index is 0.155. The van der Waals surface area contributed by atoms with Crippen LogP contribution in [0.3, 0.4) is 0 Å². The number of halogens is 2. The van der Waals surface area contributed by atoms with Gasteiger partial charge in [-0.3, -0.25) is 4.79 Å². The van der Waals surface area contributed by atoms with Crippen LogP contribution in [0.25, 0.3) is 0 Å². The van der Waals surface area contributed by atoms with Gasteiger partial charge in [0.15, 0.2) is 5.78 Å². The largest absolute Gasteiger partial charge is 0.486 e. The lowest BCUT2D eigenvalue weighted by atomic mass is 10.3. The van der Waals surface area contributed by atoms with Crippen molar-refractivity contribution in [2.24, 2.45) is 5.92 Å². The Hall–Kier alpha value is -0.540. The van der Waals surface area contributed by atoms with E-state index in [1.165, 1.54) is 0 Å². The van der Waals surface area contributed by atoms with Crippen molar-refractivity contribution >= 4 is 33.3 Å². The van der Waals surface area contributed by atoms with Gasteiger partial charge in [0, 0.05) is 10.4 Å². The summed E-state index contributed by atoms with van der Waals surface area (Å²) >= 11 is 9.18. The van der Waals surface area contributed by atoms with Crippen LogP contribution in [0, 0.1) is 5.92 Å². The Bertz CT molecular complexity index is 388. The third-order valence-corrected chi connectivity index (χ3v) is 3.54. The second-order valence-electron chi connectivity index (χ2n) is 3.61. The van der Waals surface area contributed by atoms with Crippen LogP contribution in [-0.4, -0.2) is 12.4 Å². The third-order valence-electron chi connectivity index (χ3n) is 2.30. The van der Waals surface area contributed by atoms with Crippen molar-refractivity contribution in [1.82, 2.24) is 0 Å². The fourth-order valence-electron chi connectivity index (χ4n) is 1.24. The molecule has 1 fully saturated rings. The molecule has 2 rings (SSSR count). The van der Waals surface area contributed by atoms with Crippen LogP contribution in [0.4, 0.5) is 0 Å². The number of ether oxygens (including phenoxy) is 1. The number of ketones is 1. The highest BCUT2D eigenvalue weighted by molar-refractivity contribution is 9.10. The van der Waals surface area contributed by atoms with Crippen molar-refractivity contribution in [3.05, 3.63) is 27.7 Å². The molecule has 0 amide bonds. The maximum absolute atomic E-state index is 11.4. The Labute approximate surface area is 102 Å². The van der Waals surface area contributed by atoms with E-state index in [1.807, 2.05) is 0 Å². The highest BCUT2D eigenvalue weighted by Gasteiger charge is 2.29. The molecular formula is C11H10BrClO2. The Balaban J connectivity index is 1.92. The van der Waals surface area contributed by atoms with Gasteiger partial charge in [-0.2, -0.15) is 0 Å². The summed E-state index contributed by atoms with van der Waals surface area (Å²) in [6, 6.07) is 5.29. The summed E-state index contributed by atoms with van der Waals surface area (Å²) < 4.78 is 6.17. The second-order valence-corrected chi connectivity index (χ2v) is 4.87. The molecule has 0 bridgehead atoms. The first-order chi connectivity index (χ1) is 7.16. The van der Waals surface area contributed by atoms with Gasteiger partial charge in [0.05, 0.1) is 5.02 Å². The maximum atomic E-state index is 11.4. The quantitative estimate of drug-likeness (QED) is 0.848. The minimum Gasteiger partial charge on any atom is -0.486 e. The average Bonchev–Trinajstić information content (AvgIpc) is 3.03. The Morgan fingerprint density at radius 1 is 1.53 bits per heavy atom. The van der Waals surface area contributed by atoms with Crippen LogP contribution in [0.1, 0.15) is 12.8 Å². The van der Waals surface area contributed by atoms with Crippen LogP contribution in [0.5, 0.6) is 5.75 Å². The Morgan fingerprint density at radius 3 is 2.87 bits per heavy atom. The lowest BCUT2D eigenvalue weighted by molar-refractivity contribution is -0.122. The zero-order valence-corrected chi connectivity index (χ0v) is 10.3. The summed E-state index contributed by atoms with van der Waals surface area (Å²) in [6.45, 7) is 0.155. The summed E-state index contributed by atoms with van der Waals surface area (Å²) in [4.78, 5) is 11.4. The first-order valence-corrected chi connectivity index (χ1v) is 5.94. The minimum absolute atomic E-state index is 0.155. The van der Waals surface area contributed by atoms with Gasteiger partial charge in [0.1, 0.15) is 12.4 Å². The Morgan fingerprint density at radius 2 is 2.27 bits per heavy atom. The molecule has 0 radical (unpaired) electrons. The molecule has 1 saturated carbocycles. The van der Waals surface area contributed by atoms with Gasteiger partial charge in [-0.15, -0.1) is 0 Å². The predicted molar refractivity (Wildman–Crippen MR) is 62.4 cm³/mol. The molecule has 1 aromatic carbocycles. The lowest BCUT2D eigenvalue weighted by Crippen LogP contribution is -2.12. The standard InChI is InChI=1S/C11H10BrClO2/c12-9-4-3-8(5-10(9)13)15-6-11(14)7-1-2-7/h3-5,7H,1-2,6H2. The van der Waals surface area contributed by atoms with Gasteiger partial charge in [-0.25, -0.2) is 0 Å². The van der Waals surface area contributed by atoms with E-state index < -0.39 is 0 Å². The molecule has 15 heavy (non-hydrogen) atoms. The molecular weight excluding hydrogens is 279 g/mol. The molecule has 0 spiro atoms. The second kappa shape index (κ2) is 4.54. The predicted octanol–water partition coefficient (Wildman–Crippen LogP) is 3.46. The first kappa shape index (κ1) is 11.0. The average molecular weight is 290 g/mol. The van der Waals surface area contributed by atoms with Crippen LogP contribution >= 0.6 is 27.5 Å². The molecule has 4 heteroatoms. The van der Waals surface area contributed by atoms with E-state index in [1.54, 1.807) is 18.2 Å². The fraction of sp³-hybridized carbons (Fsp3) is 0.364. The monoisotopic (exact) mass is 288 g/mol. The van der Waals surface area contributed by atoms with Gasteiger partial charge in [-0.05, 0) is 47.0 Å².